The largest absolute Gasteiger partial charge is 0.348 e. The number of piperazine rings is 1. The van der Waals surface area contributed by atoms with E-state index in [0.29, 0.717) is 13.1 Å². The number of hydrogen-bond acceptors (Lipinski definition) is 5. The van der Waals surface area contributed by atoms with Crippen LogP contribution < -0.4 is 10.6 Å². The number of amides is 1. The Morgan fingerprint density at radius 3 is 3.00 bits per heavy atom. The van der Waals surface area contributed by atoms with Crippen LogP contribution in [0.15, 0.2) is 5.38 Å². The molecule has 1 amide bonds. The molecule has 2 rings (SSSR count). The predicted molar refractivity (Wildman–Crippen MR) is 68.0 cm³/mol. The lowest BCUT2D eigenvalue weighted by molar-refractivity contribution is -0.122. The van der Waals surface area contributed by atoms with E-state index in [1.54, 1.807) is 11.3 Å². The summed E-state index contributed by atoms with van der Waals surface area (Å²) in [5, 5.41) is 9.14. The Kier molecular flexibility index (Phi) is 4.47. The predicted octanol–water partition coefficient (Wildman–Crippen LogP) is -0.0271. The summed E-state index contributed by atoms with van der Waals surface area (Å²) in [7, 11) is 0. The molecule has 0 saturated carbocycles. The van der Waals surface area contributed by atoms with Gasteiger partial charge in [-0.2, -0.15) is 0 Å². The number of aromatic nitrogens is 1. The number of nitrogens with one attached hydrogen (secondary N) is 2. The molecule has 1 aromatic rings. The van der Waals surface area contributed by atoms with Crippen LogP contribution in [-0.4, -0.2) is 48.5 Å². The van der Waals surface area contributed by atoms with E-state index < -0.39 is 0 Å². The zero-order valence-electron chi connectivity index (χ0n) is 10.0. The van der Waals surface area contributed by atoms with Gasteiger partial charge in [0.05, 0.1) is 13.1 Å². The van der Waals surface area contributed by atoms with E-state index >= 15 is 0 Å². The summed E-state index contributed by atoms with van der Waals surface area (Å²) in [6.45, 7) is 6.84. The van der Waals surface area contributed by atoms with Crippen molar-refractivity contribution in [3.63, 3.8) is 0 Å². The van der Waals surface area contributed by atoms with E-state index in [4.69, 9.17) is 0 Å². The van der Waals surface area contributed by atoms with Gasteiger partial charge < -0.3 is 10.6 Å². The molecule has 1 aliphatic rings. The van der Waals surface area contributed by atoms with Crippen molar-refractivity contribution in [1.29, 1.82) is 0 Å². The van der Waals surface area contributed by atoms with Crippen LogP contribution in [0.25, 0.3) is 0 Å². The van der Waals surface area contributed by atoms with E-state index in [2.05, 4.69) is 20.5 Å². The maximum absolute atomic E-state index is 11.7. The third kappa shape index (κ3) is 4.07. The van der Waals surface area contributed by atoms with Crippen LogP contribution in [0.3, 0.4) is 0 Å². The van der Waals surface area contributed by atoms with Crippen LogP contribution in [0.1, 0.15) is 10.7 Å². The molecule has 1 fully saturated rings. The zero-order valence-corrected chi connectivity index (χ0v) is 10.8. The Labute approximate surface area is 105 Å². The average Bonchev–Trinajstić information content (AvgIpc) is 2.74. The van der Waals surface area contributed by atoms with Crippen LogP contribution in [0.5, 0.6) is 0 Å². The summed E-state index contributed by atoms with van der Waals surface area (Å²) in [5.41, 5.74) is 1.02. The molecule has 2 heterocycles. The molecule has 94 valence electrons. The monoisotopic (exact) mass is 254 g/mol. The first-order valence-corrected chi connectivity index (χ1v) is 6.73. The van der Waals surface area contributed by atoms with Gasteiger partial charge in [-0.3, -0.25) is 9.69 Å². The molecule has 0 spiro atoms. The van der Waals surface area contributed by atoms with E-state index in [1.807, 2.05) is 12.3 Å². The van der Waals surface area contributed by atoms with Gasteiger partial charge in [0.15, 0.2) is 0 Å². The van der Waals surface area contributed by atoms with Crippen molar-refractivity contribution in [2.24, 2.45) is 0 Å². The maximum atomic E-state index is 11.7. The number of rotatable bonds is 4. The summed E-state index contributed by atoms with van der Waals surface area (Å²) in [6.07, 6.45) is 0. The van der Waals surface area contributed by atoms with Gasteiger partial charge in [0.1, 0.15) is 5.01 Å². The fourth-order valence-corrected chi connectivity index (χ4v) is 2.50. The molecule has 5 nitrogen and oxygen atoms in total. The molecule has 0 radical (unpaired) electrons. The minimum absolute atomic E-state index is 0.0831. The van der Waals surface area contributed by atoms with Gasteiger partial charge in [0.2, 0.25) is 5.91 Å². The summed E-state index contributed by atoms with van der Waals surface area (Å²) in [4.78, 5) is 18.2. The topological polar surface area (TPSA) is 57.3 Å². The molecular formula is C11H18N4OS. The molecule has 2 N–H and O–H groups in total. The number of aryl methyl sites for hydroxylation is 1. The normalized spacial score (nSPS) is 17.0. The number of hydrogen-bond donors (Lipinski definition) is 2. The van der Waals surface area contributed by atoms with Gasteiger partial charge in [-0.25, -0.2) is 4.98 Å². The average molecular weight is 254 g/mol. The van der Waals surface area contributed by atoms with Crippen molar-refractivity contribution in [2.75, 3.05) is 32.7 Å². The first kappa shape index (κ1) is 12.5. The highest BCUT2D eigenvalue weighted by Gasteiger charge is 2.13. The fourth-order valence-electron chi connectivity index (χ4n) is 1.79. The fraction of sp³-hybridized carbons (Fsp3) is 0.636. The molecule has 1 aliphatic heterocycles. The minimum atomic E-state index is 0.0831. The smallest absolute Gasteiger partial charge is 0.234 e. The molecule has 6 heteroatoms. The molecule has 1 aromatic heterocycles. The lowest BCUT2D eigenvalue weighted by Gasteiger charge is -2.26. The Hall–Kier alpha value is -0.980. The van der Waals surface area contributed by atoms with Gasteiger partial charge in [0.25, 0.3) is 0 Å². The van der Waals surface area contributed by atoms with Crippen LogP contribution in [0.4, 0.5) is 0 Å². The van der Waals surface area contributed by atoms with E-state index in [1.165, 1.54) is 0 Å². The Balaban J connectivity index is 1.70. The second-order valence-electron chi connectivity index (χ2n) is 4.19. The number of thiazole rings is 1. The first-order valence-electron chi connectivity index (χ1n) is 5.85. The van der Waals surface area contributed by atoms with Crippen molar-refractivity contribution in [2.45, 2.75) is 13.5 Å². The Morgan fingerprint density at radius 1 is 1.59 bits per heavy atom. The minimum Gasteiger partial charge on any atom is -0.348 e. The number of carbonyl (C=O) groups excluding carboxylic acids is 1. The van der Waals surface area contributed by atoms with E-state index in [9.17, 15) is 4.79 Å². The maximum Gasteiger partial charge on any atom is 0.234 e. The van der Waals surface area contributed by atoms with Gasteiger partial charge >= 0.3 is 0 Å². The van der Waals surface area contributed by atoms with Crippen molar-refractivity contribution in [3.8, 4) is 0 Å². The van der Waals surface area contributed by atoms with Gasteiger partial charge in [0, 0.05) is 37.3 Å². The van der Waals surface area contributed by atoms with Crippen LogP contribution in [-0.2, 0) is 11.3 Å². The Bertz CT molecular complexity index is 373. The van der Waals surface area contributed by atoms with Crippen molar-refractivity contribution in [1.82, 2.24) is 20.5 Å². The summed E-state index contributed by atoms with van der Waals surface area (Å²) >= 11 is 1.59. The highest BCUT2D eigenvalue weighted by Crippen LogP contribution is 2.07. The highest BCUT2D eigenvalue weighted by atomic mass is 32.1. The van der Waals surface area contributed by atoms with Crippen molar-refractivity contribution < 1.29 is 4.79 Å². The van der Waals surface area contributed by atoms with Crippen LogP contribution in [0.2, 0.25) is 0 Å². The lowest BCUT2D eigenvalue weighted by Crippen LogP contribution is -2.47. The molecular weight excluding hydrogens is 236 g/mol. The second kappa shape index (κ2) is 6.09. The summed E-state index contributed by atoms with van der Waals surface area (Å²) in [6, 6.07) is 0. The van der Waals surface area contributed by atoms with Crippen LogP contribution in [0, 0.1) is 6.92 Å². The van der Waals surface area contributed by atoms with Gasteiger partial charge in [-0.05, 0) is 6.92 Å². The highest BCUT2D eigenvalue weighted by molar-refractivity contribution is 7.09. The molecule has 0 atom stereocenters. The number of nitrogens with zero attached hydrogens (tertiary/aromatic N) is 2. The summed E-state index contributed by atoms with van der Waals surface area (Å²) in [5.74, 6) is 0.0831. The molecule has 17 heavy (non-hydrogen) atoms. The Morgan fingerprint density at radius 2 is 2.35 bits per heavy atom. The molecule has 1 saturated heterocycles. The van der Waals surface area contributed by atoms with Gasteiger partial charge in [-0.1, -0.05) is 0 Å². The lowest BCUT2D eigenvalue weighted by atomic mass is 10.3. The van der Waals surface area contributed by atoms with Crippen molar-refractivity contribution in [3.05, 3.63) is 16.1 Å². The van der Waals surface area contributed by atoms with Gasteiger partial charge in [-0.15, -0.1) is 11.3 Å². The zero-order chi connectivity index (χ0) is 12.1. The number of carbonyl (C=O) groups is 1. The summed E-state index contributed by atoms with van der Waals surface area (Å²) < 4.78 is 0. The molecule has 0 bridgehead atoms. The van der Waals surface area contributed by atoms with E-state index in [0.717, 1.165) is 36.9 Å². The third-order valence-electron chi connectivity index (χ3n) is 2.68. The van der Waals surface area contributed by atoms with Crippen molar-refractivity contribution >= 4 is 17.2 Å². The molecule has 0 aromatic carbocycles. The molecule has 0 unspecified atom stereocenters. The standard InChI is InChI=1S/C11H18N4OS/c1-9-8-17-11(14-9)6-13-10(16)7-15-4-2-12-3-5-15/h8,12H,2-7H2,1H3,(H,13,16). The SMILES string of the molecule is Cc1csc(CNC(=O)CN2CCNCC2)n1. The van der Waals surface area contributed by atoms with Crippen LogP contribution >= 0.6 is 11.3 Å². The van der Waals surface area contributed by atoms with E-state index in [-0.39, 0.29) is 5.91 Å². The first-order chi connectivity index (χ1) is 8.24. The second-order valence-corrected chi connectivity index (χ2v) is 5.13. The molecule has 0 aliphatic carbocycles. The quantitative estimate of drug-likeness (QED) is 0.792. The third-order valence-corrected chi connectivity index (χ3v) is 3.65.